The highest BCUT2D eigenvalue weighted by atomic mass is 15.3. The fourth-order valence-corrected chi connectivity index (χ4v) is 1.75. The molecule has 1 unspecified atom stereocenters. The van der Waals surface area contributed by atoms with Crippen molar-refractivity contribution in [2.45, 2.75) is 25.3 Å². The molecule has 0 amide bonds. The van der Waals surface area contributed by atoms with Gasteiger partial charge >= 0.3 is 0 Å². The highest BCUT2D eigenvalue weighted by Crippen LogP contribution is 2.24. The van der Waals surface area contributed by atoms with Gasteiger partial charge in [0, 0.05) is 18.7 Å². The zero-order valence-electron chi connectivity index (χ0n) is 7.25. The summed E-state index contributed by atoms with van der Waals surface area (Å²) in [5.41, 5.74) is 14.0. The molecule has 0 spiro atoms. The number of nitrogen functional groups attached to an aromatic ring is 1. The highest BCUT2D eigenvalue weighted by Gasteiger charge is 2.21. The second-order valence-electron chi connectivity index (χ2n) is 3.44. The zero-order chi connectivity index (χ0) is 8.72. The van der Waals surface area contributed by atoms with Gasteiger partial charge in [0.05, 0.1) is 5.69 Å². The molecule has 1 aliphatic carbocycles. The first-order chi connectivity index (χ1) is 5.68. The van der Waals surface area contributed by atoms with Crippen LogP contribution in [0.25, 0.3) is 0 Å². The molecule has 1 atom stereocenters. The molecule has 1 aliphatic rings. The molecule has 0 saturated carbocycles. The molecule has 0 aromatic carbocycles. The van der Waals surface area contributed by atoms with E-state index in [9.17, 15) is 0 Å². The predicted molar refractivity (Wildman–Crippen MR) is 47.6 cm³/mol. The summed E-state index contributed by atoms with van der Waals surface area (Å²) in [5, 5.41) is 4.32. The Balaban J connectivity index is 2.44. The summed E-state index contributed by atoms with van der Waals surface area (Å²) >= 11 is 0. The number of nitrogens with two attached hydrogens (primary N) is 2. The third kappa shape index (κ3) is 0.992. The maximum absolute atomic E-state index is 5.84. The summed E-state index contributed by atoms with van der Waals surface area (Å²) in [4.78, 5) is 0. The van der Waals surface area contributed by atoms with Crippen LogP contribution in [0.5, 0.6) is 0 Å². The van der Waals surface area contributed by atoms with Gasteiger partial charge in [-0.1, -0.05) is 0 Å². The van der Waals surface area contributed by atoms with Crippen LogP contribution < -0.4 is 11.5 Å². The Hall–Kier alpha value is -1.03. The van der Waals surface area contributed by atoms with Gasteiger partial charge in [-0.15, -0.1) is 0 Å². The van der Waals surface area contributed by atoms with E-state index in [4.69, 9.17) is 11.5 Å². The normalized spacial score (nSPS) is 22.3. The van der Waals surface area contributed by atoms with Crippen molar-refractivity contribution in [3.63, 3.8) is 0 Å². The van der Waals surface area contributed by atoms with E-state index in [0.717, 1.165) is 36.3 Å². The SMILES string of the molecule is Cn1nc2c(c1N)CC(N)CC2. The summed E-state index contributed by atoms with van der Waals surface area (Å²) in [6.45, 7) is 0. The van der Waals surface area contributed by atoms with Crippen molar-refractivity contribution in [3.05, 3.63) is 11.3 Å². The molecule has 1 aromatic heterocycles. The van der Waals surface area contributed by atoms with Crippen LogP contribution in [0.3, 0.4) is 0 Å². The predicted octanol–water partition coefficient (Wildman–Crippen LogP) is -0.182. The fraction of sp³-hybridized carbons (Fsp3) is 0.625. The smallest absolute Gasteiger partial charge is 0.124 e. The van der Waals surface area contributed by atoms with E-state index in [1.165, 1.54) is 0 Å². The average Bonchev–Trinajstić information content (AvgIpc) is 2.31. The lowest BCUT2D eigenvalue weighted by Gasteiger charge is -2.16. The molecule has 0 bridgehead atoms. The van der Waals surface area contributed by atoms with E-state index < -0.39 is 0 Å². The lowest BCUT2D eigenvalue weighted by Crippen LogP contribution is -2.27. The highest BCUT2D eigenvalue weighted by molar-refractivity contribution is 5.45. The standard InChI is InChI=1S/C8H14N4/c1-12-8(10)6-4-5(9)2-3-7(6)11-12/h5H,2-4,9-10H2,1H3. The van der Waals surface area contributed by atoms with Gasteiger partial charge in [0.25, 0.3) is 0 Å². The van der Waals surface area contributed by atoms with Crippen molar-refractivity contribution in [1.82, 2.24) is 9.78 Å². The number of rotatable bonds is 0. The minimum Gasteiger partial charge on any atom is -0.384 e. The second kappa shape index (κ2) is 2.48. The summed E-state index contributed by atoms with van der Waals surface area (Å²) in [6, 6.07) is 0.268. The van der Waals surface area contributed by atoms with Crippen molar-refractivity contribution in [3.8, 4) is 0 Å². The Kier molecular flexibility index (Phi) is 1.58. The molecule has 2 rings (SSSR count). The largest absolute Gasteiger partial charge is 0.384 e. The first kappa shape index (κ1) is 7.61. The summed E-state index contributed by atoms with van der Waals surface area (Å²) < 4.78 is 1.74. The van der Waals surface area contributed by atoms with Gasteiger partial charge in [-0.05, 0) is 19.3 Å². The quantitative estimate of drug-likeness (QED) is 0.561. The third-order valence-corrected chi connectivity index (χ3v) is 2.50. The maximum Gasteiger partial charge on any atom is 0.124 e. The van der Waals surface area contributed by atoms with Gasteiger partial charge < -0.3 is 11.5 Å². The van der Waals surface area contributed by atoms with Crippen molar-refractivity contribution >= 4 is 5.82 Å². The number of aromatic nitrogens is 2. The van der Waals surface area contributed by atoms with Gasteiger partial charge in [-0.3, -0.25) is 4.68 Å². The Morgan fingerprint density at radius 1 is 1.58 bits per heavy atom. The van der Waals surface area contributed by atoms with Crippen molar-refractivity contribution in [2.24, 2.45) is 12.8 Å². The van der Waals surface area contributed by atoms with Crippen LogP contribution in [0.4, 0.5) is 5.82 Å². The van der Waals surface area contributed by atoms with Crippen LogP contribution >= 0.6 is 0 Å². The molecule has 0 radical (unpaired) electrons. The molecule has 4 nitrogen and oxygen atoms in total. The van der Waals surface area contributed by atoms with Crippen LogP contribution in [-0.4, -0.2) is 15.8 Å². The first-order valence-corrected chi connectivity index (χ1v) is 4.24. The van der Waals surface area contributed by atoms with Gasteiger partial charge in [-0.2, -0.15) is 5.10 Å². The second-order valence-corrected chi connectivity index (χ2v) is 3.44. The van der Waals surface area contributed by atoms with Gasteiger partial charge in [0.15, 0.2) is 0 Å². The van der Waals surface area contributed by atoms with E-state index in [2.05, 4.69) is 5.10 Å². The third-order valence-electron chi connectivity index (χ3n) is 2.50. The zero-order valence-corrected chi connectivity index (χ0v) is 7.25. The molecule has 4 heteroatoms. The summed E-state index contributed by atoms with van der Waals surface area (Å²) in [6.07, 6.45) is 2.89. The van der Waals surface area contributed by atoms with Gasteiger partial charge in [0.2, 0.25) is 0 Å². The fourth-order valence-electron chi connectivity index (χ4n) is 1.75. The van der Waals surface area contributed by atoms with Crippen LogP contribution in [0, 0.1) is 0 Å². The Morgan fingerprint density at radius 2 is 2.33 bits per heavy atom. The van der Waals surface area contributed by atoms with E-state index >= 15 is 0 Å². The molecule has 66 valence electrons. The Morgan fingerprint density at radius 3 is 3.08 bits per heavy atom. The first-order valence-electron chi connectivity index (χ1n) is 4.24. The van der Waals surface area contributed by atoms with E-state index in [1.807, 2.05) is 7.05 Å². The minimum absolute atomic E-state index is 0.268. The minimum atomic E-state index is 0.268. The summed E-state index contributed by atoms with van der Waals surface area (Å²) in [7, 11) is 1.87. The number of aryl methyl sites for hydroxylation is 2. The lowest BCUT2D eigenvalue weighted by atomic mass is 9.94. The average molecular weight is 166 g/mol. The number of hydrogen-bond acceptors (Lipinski definition) is 3. The molecule has 0 aliphatic heterocycles. The van der Waals surface area contributed by atoms with Crippen LogP contribution in [0.15, 0.2) is 0 Å². The topological polar surface area (TPSA) is 69.9 Å². The molecule has 4 N–H and O–H groups in total. The van der Waals surface area contributed by atoms with Crippen molar-refractivity contribution in [1.29, 1.82) is 0 Å². The molecular formula is C8H14N4. The van der Waals surface area contributed by atoms with E-state index in [1.54, 1.807) is 4.68 Å². The molecule has 0 saturated heterocycles. The van der Waals surface area contributed by atoms with E-state index in [0.29, 0.717) is 0 Å². The Labute approximate surface area is 71.5 Å². The number of hydrogen-bond donors (Lipinski definition) is 2. The maximum atomic E-state index is 5.84. The van der Waals surface area contributed by atoms with Gasteiger partial charge in [-0.25, -0.2) is 0 Å². The van der Waals surface area contributed by atoms with Gasteiger partial charge in [0.1, 0.15) is 5.82 Å². The van der Waals surface area contributed by atoms with E-state index in [-0.39, 0.29) is 6.04 Å². The molecule has 1 heterocycles. The molecule has 1 aromatic rings. The number of fused-ring (bicyclic) bond motifs is 1. The Bertz CT molecular complexity index is 302. The van der Waals surface area contributed by atoms with Crippen molar-refractivity contribution < 1.29 is 0 Å². The lowest BCUT2D eigenvalue weighted by molar-refractivity contribution is 0.569. The monoisotopic (exact) mass is 166 g/mol. The van der Waals surface area contributed by atoms with Crippen LogP contribution in [0.1, 0.15) is 17.7 Å². The van der Waals surface area contributed by atoms with Crippen molar-refractivity contribution in [2.75, 3.05) is 5.73 Å². The molecular weight excluding hydrogens is 152 g/mol. The van der Waals surface area contributed by atoms with Crippen LogP contribution in [-0.2, 0) is 19.9 Å². The molecule has 0 fully saturated rings. The number of anilines is 1. The molecule has 12 heavy (non-hydrogen) atoms. The van der Waals surface area contributed by atoms with Crippen LogP contribution in [0.2, 0.25) is 0 Å². The number of nitrogens with zero attached hydrogens (tertiary/aromatic N) is 2. The summed E-state index contributed by atoms with van der Waals surface area (Å²) in [5.74, 6) is 0.778.